The number of aromatic nitrogens is 4. The van der Waals surface area contributed by atoms with Crippen LogP contribution in [0.2, 0.25) is 0 Å². The highest BCUT2D eigenvalue weighted by molar-refractivity contribution is 5.68. The number of H-pyrrole nitrogens is 1. The highest BCUT2D eigenvalue weighted by Gasteiger charge is 2.28. The fourth-order valence-electron chi connectivity index (χ4n) is 1.93. The molecule has 84 valence electrons. The van der Waals surface area contributed by atoms with Gasteiger partial charge in [0.2, 0.25) is 0 Å². The molecule has 1 fully saturated rings. The Morgan fingerprint density at radius 1 is 1.44 bits per heavy atom. The Morgan fingerprint density at radius 3 is 3.19 bits per heavy atom. The Hall–Kier alpha value is -1.53. The summed E-state index contributed by atoms with van der Waals surface area (Å²) in [5.41, 5.74) is 1.47. The average molecular weight is 220 g/mol. The summed E-state index contributed by atoms with van der Waals surface area (Å²) in [6.45, 7) is 0.0567. The molecule has 6 heteroatoms. The quantitative estimate of drug-likeness (QED) is 0.772. The van der Waals surface area contributed by atoms with E-state index in [9.17, 15) is 0 Å². The number of aliphatic hydroxyl groups excluding tert-OH is 1. The van der Waals surface area contributed by atoms with Crippen LogP contribution in [-0.2, 0) is 4.74 Å². The van der Waals surface area contributed by atoms with Crippen molar-refractivity contribution in [3.63, 3.8) is 0 Å². The van der Waals surface area contributed by atoms with Gasteiger partial charge in [-0.3, -0.25) is 0 Å². The van der Waals surface area contributed by atoms with Crippen LogP contribution in [0.15, 0.2) is 12.5 Å². The van der Waals surface area contributed by atoms with Crippen LogP contribution in [0, 0.1) is 0 Å². The third-order valence-corrected chi connectivity index (χ3v) is 2.79. The smallest absolute Gasteiger partial charge is 0.180 e. The van der Waals surface area contributed by atoms with Gasteiger partial charge >= 0.3 is 0 Å². The molecule has 2 aromatic rings. The maximum absolute atomic E-state index is 8.99. The summed E-state index contributed by atoms with van der Waals surface area (Å²) in [6.07, 6.45) is 4.81. The number of nitrogens with one attached hydrogen (secondary N) is 1. The second-order valence-electron chi connectivity index (χ2n) is 3.87. The van der Waals surface area contributed by atoms with E-state index >= 15 is 0 Å². The maximum atomic E-state index is 8.99. The lowest BCUT2D eigenvalue weighted by atomic mass is 10.2. The van der Waals surface area contributed by atoms with Gasteiger partial charge in [0.25, 0.3) is 0 Å². The molecular weight excluding hydrogens is 208 g/mol. The predicted molar refractivity (Wildman–Crippen MR) is 55.6 cm³/mol. The van der Waals surface area contributed by atoms with Crippen LogP contribution in [0.1, 0.15) is 24.8 Å². The van der Waals surface area contributed by atoms with E-state index in [1.807, 2.05) is 0 Å². The Bertz CT molecular complexity index is 498. The van der Waals surface area contributed by atoms with Crippen LogP contribution >= 0.6 is 0 Å². The number of fused-ring (bicyclic) bond motifs is 1. The van der Waals surface area contributed by atoms with Crippen molar-refractivity contribution in [2.45, 2.75) is 25.0 Å². The minimum atomic E-state index is -0.113. The van der Waals surface area contributed by atoms with Gasteiger partial charge in [-0.15, -0.1) is 0 Å². The summed E-state index contributed by atoms with van der Waals surface area (Å²) in [4.78, 5) is 15.6. The largest absolute Gasteiger partial charge is 0.394 e. The zero-order valence-corrected chi connectivity index (χ0v) is 8.63. The van der Waals surface area contributed by atoms with Crippen molar-refractivity contribution < 1.29 is 9.84 Å². The predicted octanol–water partition coefficient (Wildman–Crippen LogP) is 0.565. The van der Waals surface area contributed by atoms with E-state index in [2.05, 4.69) is 19.9 Å². The number of hydrogen-bond acceptors (Lipinski definition) is 5. The van der Waals surface area contributed by atoms with Crippen molar-refractivity contribution in [3.05, 3.63) is 18.3 Å². The highest BCUT2D eigenvalue weighted by atomic mass is 16.5. The van der Waals surface area contributed by atoms with E-state index < -0.39 is 0 Å². The molecule has 16 heavy (non-hydrogen) atoms. The molecule has 0 amide bonds. The topological polar surface area (TPSA) is 83.9 Å². The van der Waals surface area contributed by atoms with E-state index in [-0.39, 0.29) is 18.8 Å². The van der Waals surface area contributed by atoms with E-state index in [1.165, 1.54) is 0 Å². The zero-order chi connectivity index (χ0) is 11.0. The van der Waals surface area contributed by atoms with Crippen molar-refractivity contribution >= 4 is 11.2 Å². The summed E-state index contributed by atoms with van der Waals surface area (Å²) >= 11 is 0. The fraction of sp³-hybridized carbons (Fsp3) is 0.500. The lowest BCUT2D eigenvalue weighted by Gasteiger charge is -2.09. The molecule has 1 aliphatic rings. The number of aromatic amines is 1. The van der Waals surface area contributed by atoms with Crippen molar-refractivity contribution in [3.8, 4) is 0 Å². The number of aliphatic hydroxyl groups is 1. The van der Waals surface area contributed by atoms with Gasteiger partial charge in [-0.2, -0.15) is 0 Å². The van der Waals surface area contributed by atoms with E-state index in [0.717, 1.165) is 18.4 Å². The first-order valence-corrected chi connectivity index (χ1v) is 5.29. The third-order valence-electron chi connectivity index (χ3n) is 2.79. The lowest BCUT2D eigenvalue weighted by Crippen LogP contribution is -2.12. The molecular formula is C10H12N4O2. The van der Waals surface area contributed by atoms with Crippen LogP contribution in [0.25, 0.3) is 11.2 Å². The summed E-state index contributed by atoms with van der Waals surface area (Å²) in [7, 11) is 0. The van der Waals surface area contributed by atoms with Crippen molar-refractivity contribution in [1.29, 1.82) is 0 Å². The van der Waals surface area contributed by atoms with Gasteiger partial charge in [0.1, 0.15) is 11.6 Å². The molecule has 0 spiro atoms. The summed E-state index contributed by atoms with van der Waals surface area (Å²) < 4.78 is 5.61. The van der Waals surface area contributed by atoms with Gasteiger partial charge in [-0.05, 0) is 12.8 Å². The van der Waals surface area contributed by atoms with Gasteiger partial charge < -0.3 is 14.8 Å². The first-order valence-electron chi connectivity index (χ1n) is 5.29. The molecule has 0 aliphatic carbocycles. The molecule has 0 unspecified atom stereocenters. The van der Waals surface area contributed by atoms with Crippen LogP contribution in [0.3, 0.4) is 0 Å². The zero-order valence-electron chi connectivity index (χ0n) is 8.63. The Balaban J connectivity index is 1.88. The SMILES string of the molecule is OC[C@@H]1CC[C@H](c2ncc3[nH]cnc3n2)O1. The Kier molecular flexibility index (Phi) is 2.30. The molecule has 0 bridgehead atoms. The second-order valence-corrected chi connectivity index (χ2v) is 3.87. The van der Waals surface area contributed by atoms with Crippen molar-refractivity contribution in [2.24, 2.45) is 0 Å². The van der Waals surface area contributed by atoms with Gasteiger partial charge in [0.15, 0.2) is 11.5 Å². The molecule has 3 rings (SSSR count). The molecule has 2 N–H and O–H groups in total. The number of hydrogen-bond donors (Lipinski definition) is 2. The molecule has 2 aromatic heterocycles. The number of imidazole rings is 1. The lowest BCUT2D eigenvalue weighted by molar-refractivity contribution is 0.00745. The molecule has 2 atom stereocenters. The first-order chi connectivity index (χ1) is 7.86. The Morgan fingerprint density at radius 2 is 2.38 bits per heavy atom. The fourth-order valence-corrected chi connectivity index (χ4v) is 1.93. The van der Waals surface area contributed by atoms with E-state index in [0.29, 0.717) is 11.5 Å². The Labute approximate surface area is 91.7 Å². The van der Waals surface area contributed by atoms with Crippen LogP contribution in [0.5, 0.6) is 0 Å². The van der Waals surface area contributed by atoms with Gasteiger partial charge in [-0.25, -0.2) is 15.0 Å². The summed E-state index contributed by atoms with van der Waals surface area (Å²) in [6, 6.07) is 0. The monoisotopic (exact) mass is 220 g/mol. The van der Waals surface area contributed by atoms with Gasteiger partial charge in [0, 0.05) is 0 Å². The number of rotatable bonds is 2. The maximum Gasteiger partial charge on any atom is 0.180 e. The van der Waals surface area contributed by atoms with Crippen LogP contribution < -0.4 is 0 Å². The first kappa shape index (κ1) is 9.68. The van der Waals surface area contributed by atoms with Crippen molar-refractivity contribution in [2.75, 3.05) is 6.61 Å². The highest BCUT2D eigenvalue weighted by Crippen LogP contribution is 2.30. The molecule has 6 nitrogen and oxygen atoms in total. The average Bonchev–Trinajstić information content (AvgIpc) is 2.96. The van der Waals surface area contributed by atoms with Crippen LogP contribution in [0.4, 0.5) is 0 Å². The second kappa shape index (κ2) is 3.80. The number of ether oxygens (including phenoxy) is 1. The summed E-state index contributed by atoms with van der Waals surface area (Å²) in [5, 5.41) is 8.99. The minimum absolute atomic E-state index is 0.0567. The molecule has 1 aliphatic heterocycles. The van der Waals surface area contributed by atoms with Crippen molar-refractivity contribution in [1.82, 2.24) is 19.9 Å². The van der Waals surface area contributed by atoms with E-state index in [4.69, 9.17) is 9.84 Å². The van der Waals surface area contributed by atoms with Crippen LogP contribution in [-0.4, -0.2) is 37.8 Å². The standard InChI is InChI=1S/C10H12N4O2/c15-4-6-1-2-8(16-6)10-11-3-7-9(14-10)13-5-12-7/h3,5-6,8,15H,1-2,4H2,(H,11,12,13,14)/t6-,8+/m0/s1. The normalized spacial score (nSPS) is 25.3. The number of nitrogens with zero attached hydrogens (tertiary/aromatic N) is 3. The molecule has 0 aromatic carbocycles. The van der Waals surface area contributed by atoms with Gasteiger partial charge in [-0.1, -0.05) is 0 Å². The third kappa shape index (κ3) is 1.56. The molecule has 0 saturated carbocycles. The molecule has 0 radical (unpaired) electrons. The van der Waals surface area contributed by atoms with Gasteiger partial charge in [0.05, 0.1) is 25.2 Å². The molecule has 1 saturated heterocycles. The molecule has 3 heterocycles. The minimum Gasteiger partial charge on any atom is -0.394 e. The van der Waals surface area contributed by atoms with E-state index in [1.54, 1.807) is 12.5 Å². The summed E-state index contributed by atoms with van der Waals surface area (Å²) in [5.74, 6) is 0.649.